The Morgan fingerprint density at radius 3 is 2.48 bits per heavy atom. The molecule has 1 aromatic rings. The molecule has 1 fully saturated rings. The van der Waals surface area contributed by atoms with Gasteiger partial charge in [-0.05, 0) is 38.3 Å². The van der Waals surface area contributed by atoms with Crippen molar-refractivity contribution in [3.05, 3.63) is 35.4 Å². The van der Waals surface area contributed by atoms with Crippen LogP contribution in [-0.4, -0.2) is 36.2 Å². The lowest BCUT2D eigenvalue weighted by Crippen LogP contribution is -2.41. The van der Waals surface area contributed by atoms with Gasteiger partial charge >= 0.3 is 0 Å². The fourth-order valence-corrected chi connectivity index (χ4v) is 2.56. The number of hydrogen-bond donors (Lipinski definition) is 1. The highest BCUT2D eigenvalue weighted by Crippen LogP contribution is 2.13. The van der Waals surface area contributed by atoms with Crippen molar-refractivity contribution in [2.75, 3.05) is 19.7 Å². The largest absolute Gasteiger partial charge is 0.376 e. The summed E-state index contributed by atoms with van der Waals surface area (Å²) in [4.78, 5) is 2.50. The van der Waals surface area contributed by atoms with E-state index in [1.807, 2.05) is 0 Å². The molecule has 3 heteroatoms. The van der Waals surface area contributed by atoms with E-state index >= 15 is 0 Å². The topological polar surface area (TPSA) is 24.5 Å². The Kier molecular flexibility index (Phi) is 5.80. The molecular weight excluding hydrogens is 260 g/mol. The van der Waals surface area contributed by atoms with E-state index in [9.17, 15) is 0 Å². The predicted octanol–water partition coefficient (Wildman–Crippen LogP) is 3.19. The van der Waals surface area contributed by atoms with Crippen LogP contribution < -0.4 is 5.32 Å². The summed E-state index contributed by atoms with van der Waals surface area (Å²) >= 11 is 0. The van der Waals surface area contributed by atoms with Gasteiger partial charge in [-0.2, -0.15) is 0 Å². The molecule has 0 aromatic heterocycles. The fraction of sp³-hybridized carbons (Fsp3) is 0.667. The van der Waals surface area contributed by atoms with Crippen LogP contribution in [0.1, 0.15) is 45.2 Å². The molecule has 2 rings (SSSR count). The monoisotopic (exact) mass is 290 g/mol. The van der Waals surface area contributed by atoms with Gasteiger partial charge in [0.1, 0.15) is 0 Å². The molecular formula is C18H30N2O. The van der Waals surface area contributed by atoms with Crippen LogP contribution in [0.5, 0.6) is 0 Å². The molecule has 1 aliphatic heterocycles. The van der Waals surface area contributed by atoms with E-state index in [1.165, 1.54) is 11.1 Å². The van der Waals surface area contributed by atoms with E-state index in [0.717, 1.165) is 39.2 Å². The summed E-state index contributed by atoms with van der Waals surface area (Å²) in [5, 5.41) is 3.53. The molecule has 1 atom stereocenters. The quantitative estimate of drug-likeness (QED) is 0.901. The molecule has 0 spiro atoms. The number of morpholine rings is 1. The van der Waals surface area contributed by atoms with E-state index in [0.29, 0.717) is 6.10 Å². The third-order valence-electron chi connectivity index (χ3n) is 3.93. The van der Waals surface area contributed by atoms with E-state index in [-0.39, 0.29) is 5.54 Å². The van der Waals surface area contributed by atoms with E-state index in [4.69, 9.17) is 4.74 Å². The first-order chi connectivity index (χ1) is 9.96. The van der Waals surface area contributed by atoms with Gasteiger partial charge < -0.3 is 10.1 Å². The lowest BCUT2D eigenvalue weighted by Gasteiger charge is -2.32. The zero-order valence-electron chi connectivity index (χ0n) is 14.0. The van der Waals surface area contributed by atoms with E-state index < -0.39 is 0 Å². The van der Waals surface area contributed by atoms with Crippen molar-refractivity contribution in [1.29, 1.82) is 0 Å². The molecule has 0 aliphatic carbocycles. The first-order valence-corrected chi connectivity index (χ1v) is 8.13. The second-order valence-electron chi connectivity index (χ2n) is 7.06. The van der Waals surface area contributed by atoms with Gasteiger partial charge in [-0.25, -0.2) is 0 Å². The van der Waals surface area contributed by atoms with Gasteiger partial charge in [0.2, 0.25) is 0 Å². The number of nitrogens with one attached hydrogen (secondary N) is 1. The van der Waals surface area contributed by atoms with Crippen molar-refractivity contribution >= 4 is 0 Å². The predicted molar refractivity (Wildman–Crippen MR) is 88.3 cm³/mol. The van der Waals surface area contributed by atoms with Gasteiger partial charge in [0.25, 0.3) is 0 Å². The van der Waals surface area contributed by atoms with E-state index in [1.54, 1.807) is 0 Å². The SMILES string of the molecule is CCC1CN(Cc2ccc(CNC(C)(C)C)cc2)CCO1. The zero-order chi connectivity index (χ0) is 15.3. The summed E-state index contributed by atoms with van der Waals surface area (Å²) in [6, 6.07) is 9.00. The maximum Gasteiger partial charge on any atom is 0.0700 e. The summed E-state index contributed by atoms with van der Waals surface area (Å²) in [6.45, 7) is 13.7. The third-order valence-corrected chi connectivity index (χ3v) is 3.93. The molecule has 21 heavy (non-hydrogen) atoms. The molecule has 0 saturated carbocycles. The number of rotatable bonds is 5. The second-order valence-corrected chi connectivity index (χ2v) is 7.06. The van der Waals surface area contributed by atoms with Gasteiger partial charge in [0.15, 0.2) is 0 Å². The summed E-state index contributed by atoms with van der Waals surface area (Å²) in [5.41, 5.74) is 2.91. The molecule has 1 saturated heterocycles. The molecule has 3 nitrogen and oxygen atoms in total. The number of benzene rings is 1. The van der Waals surface area contributed by atoms with Crippen LogP contribution in [0.2, 0.25) is 0 Å². The van der Waals surface area contributed by atoms with Crippen LogP contribution in [0, 0.1) is 0 Å². The van der Waals surface area contributed by atoms with E-state index in [2.05, 4.69) is 62.2 Å². The van der Waals surface area contributed by atoms with Crippen LogP contribution in [-0.2, 0) is 17.8 Å². The summed E-state index contributed by atoms with van der Waals surface area (Å²) in [5.74, 6) is 0. The average Bonchev–Trinajstić information content (AvgIpc) is 2.46. The van der Waals surface area contributed by atoms with Crippen LogP contribution in [0.4, 0.5) is 0 Å². The number of ether oxygens (including phenoxy) is 1. The van der Waals surface area contributed by atoms with Gasteiger partial charge in [-0.1, -0.05) is 31.2 Å². The zero-order valence-corrected chi connectivity index (χ0v) is 14.0. The molecule has 0 amide bonds. The van der Waals surface area contributed by atoms with Crippen molar-refractivity contribution in [2.24, 2.45) is 0 Å². The molecule has 1 aromatic carbocycles. The Balaban J connectivity index is 1.84. The Morgan fingerprint density at radius 1 is 1.19 bits per heavy atom. The minimum Gasteiger partial charge on any atom is -0.376 e. The maximum absolute atomic E-state index is 5.73. The third kappa shape index (κ3) is 5.77. The summed E-state index contributed by atoms with van der Waals surface area (Å²) < 4.78 is 5.73. The van der Waals surface area contributed by atoms with Gasteiger partial charge in [-0.3, -0.25) is 4.90 Å². The minimum absolute atomic E-state index is 0.168. The van der Waals surface area contributed by atoms with Crippen LogP contribution in [0.15, 0.2) is 24.3 Å². The van der Waals surface area contributed by atoms with Gasteiger partial charge in [0, 0.05) is 31.7 Å². The first kappa shape index (κ1) is 16.5. The normalized spacial score (nSPS) is 20.7. The summed E-state index contributed by atoms with van der Waals surface area (Å²) in [7, 11) is 0. The Bertz CT molecular complexity index is 422. The molecule has 1 unspecified atom stereocenters. The van der Waals surface area contributed by atoms with Crippen molar-refractivity contribution in [1.82, 2.24) is 10.2 Å². The average molecular weight is 290 g/mol. The molecule has 1 N–H and O–H groups in total. The second kappa shape index (κ2) is 7.39. The number of hydrogen-bond acceptors (Lipinski definition) is 3. The van der Waals surface area contributed by atoms with Gasteiger partial charge in [0.05, 0.1) is 12.7 Å². The maximum atomic E-state index is 5.73. The van der Waals surface area contributed by atoms with Crippen LogP contribution in [0.25, 0.3) is 0 Å². The lowest BCUT2D eigenvalue weighted by molar-refractivity contribution is -0.0324. The smallest absolute Gasteiger partial charge is 0.0700 e. The molecule has 0 radical (unpaired) electrons. The molecule has 1 aliphatic rings. The van der Waals surface area contributed by atoms with Crippen molar-refractivity contribution in [3.8, 4) is 0 Å². The number of nitrogens with zero attached hydrogens (tertiary/aromatic N) is 1. The fourth-order valence-electron chi connectivity index (χ4n) is 2.56. The lowest BCUT2D eigenvalue weighted by atomic mass is 10.1. The highest BCUT2D eigenvalue weighted by Gasteiger charge is 2.18. The molecule has 0 bridgehead atoms. The summed E-state index contributed by atoms with van der Waals surface area (Å²) in [6.07, 6.45) is 1.52. The first-order valence-electron chi connectivity index (χ1n) is 8.13. The van der Waals surface area contributed by atoms with Crippen molar-refractivity contribution in [2.45, 2.75) is 58.8 Å². The highest BCUT2D eigenvalue weighted by molar-refractivity contribution is 5.22. The molecule has 1 heterocycles. The highest BCUT2D eigenvalue weighted by atomic mass is 16.5. The Hall–Kier alpha value is -0.900. The van der Waals surface area contributed by atoms with Crippen molar-refractivity contribution < 1.29 is 4.74 Å². The van der Waals surface area contributed by atoms with Gasteiger partial charge in [-0.15, -0.1) is 0 Å². The van der Waals surface area contributed by atoms with Crippen LogP contribution in [0.3, 0.4) is 0 Å². The Labute approximate surface area is 129 Å². The van der Waals surface area contributed by atoms with Crippen molar-refractivity contribution in [3.63, 3.8) is 0 Å². The minimum atomic E-state index is 0.168. The molecule has 118 valence electrons. The van der Waals surface area contributed by atoms with Crippen LogP contribution >= 0.6 is 0 Å². The standard InChI is InChI=1S/C18H30N2O/c1-5-17-14-20(10-11-21-17)13-16-8-6-15(7-9-16)12-19-18(2,3)4/h6-9,17,19H,5,10-14H2,1-4H3. The Morgan fingerprint density at radius 2 is 1.86 bits per heavy atom.